The van der Waals surface area contributed by atoms with E-state index in [-0.39, 0.29) is 17.4 Å². The first-order valence-electron chi connectivity index (χ1n) is 10.4. The molecule has 0 aliphatic carbocycles. The molecular formula is C23H29N3O3. The second-order valence-corrected chi connectivity index (χ2v) is 8.26. The highest BCUT2D eigenvalue weighted by atomic mass is 16.5. The number of nitrogens with zero attached hydrogens (tertiary/aromatic N) is 2. The molecule has 1 aromatic carbocycles. The summed E-state index contributed by atoms with van der Waals surface area (Å²) in [5.41, 5.74) is 1.26. The minimum atomic E-state index is -0.161. The van der Waals surface area contributed by atoms with Crippen molar-refractivity contribution in [3.05, 3.63) is 59.9 Å². The van der Waals surface area contributed by atoms with E-state index in [1.54, 1.807) is 0 Å². The van der Waals surface area contributed by atoms with Crippen LogP contribution in [0.25, 0.3) is 0 Å². The summed E-state index contributed by atoms with van der Waals surface area (Å²) in [6, 6.07) is 13.1. The van der Waals surface area contributed by atoms with E-state index in [2.05, 4.69) is 5.32 Å². The van der Waals surface area contributed by atoms with E-state index in [9.17, 15) is 9.59 Å². The van der Waals surface area contributed by atoms with Crippen LogP contribution in [0.5, 0.6) is 0 Å². The predicted octanol–water partition coefficient (Wildman–Crippen LogP) is 2.86. The smallest absolute Gasteiger partial charge is 0.270 e. The van der Waals surface area contributed by atoms with Gasteiger partial charge in [0, 0.05) is 45.0 Å². The van der Waals surface area contributed by atoms with E-state index in [1.165, 1.54) is 0 Å². The van der Waals surface area contributed by atoms with Crippen LogP contribution >= 0.6 is 0 Å². The molecule has 6 heteroatoms. The number of amides is 2. The van der Waals surface area contributed by atoms with Gasteiger partial charge in [-0.05, 0) is 55.9 Å². The second-order valence-electron chi connectivity index (χ2n) is 8.26. The first-order valence-corrected chi connectivity index (χ1v) is 10.4. The van der Waals surface area contributed by atoms with Crippen LogP contribution in [0.15, 0.2) is 48.7 Å². The highest BCUT2D eigenvalue weighted by Gasteiger charge is 2.41. The van der Waals surface area contributed by atoms with Gasteiger partial charge in [-0.3, -0.25) is 9.59 Å². The van der Waals surface area contributed by atoms with Crippen LogP contribution in [0, 0.1) is 5.92 Å². The van der Waals surface area contributed by atoms with Crippen LogP contribution in [-0.2, 0) is 11.8 Å². The Morgan fingerprint density at radius 2 is 1.90 bits per heavy atom. The standard InChI is InChI=1S/C23H29N3O3/c1-25-12-5-8-20(25)22(28)26-13-10-23(11-14-26)16-18(9-15-29-23)17-24-21(27)19-6-3-2-4-7-19/h2-8,12,18H,9-11,13-17H2,1H3,(H,24,27). The molecule has 6 nitrogen and oxygen atoms in total. The summed E-state index contributed by atoms with van der Waals surface area (Å²) in [5, 5.41) is 3.08. The maximum Gasteiger partial charge on any atom is 0.270 e. The van der Waals surface area contributed by atoms with Gasteiger partial charge in [-0.2, -0.15) is 0 Å². The highest BCUT2D eigenvalue weighted by molar-refractivity contribution is 5.94. The highest BCUT2D eigenvalue weighted by Crippen LogP contribution is 2.37. The maximum atomic E-state index is 12.7. The Morgan fingerprint density at radius 3 is 2.59 bits per heavy atom. The predicted molar refractivity (Wildman–Crippen MR) is 111 cm³/mol. The van der Waals surface area contributed by atoms with Gasteiger partial charge in [0.2, 0.25) is 0 Å². The van der Waals surface area contributed by atoms with E-state index < -0.39 is 0 Å². The molecular weight excluding hydrogens is 366 g/mol. The molecule has 1 aromatic heterocycles. The van der Waals surface area contributed by atoms with Crippen molar-refractivity contribution in [2.24, 2.45) is 13.0 Å². The molecule has 1 atom stereocenters. The molecule has 1 unspecified atom stereocenters. The number of carbonyl (C=O) groups is 2. The Balaban J connectivity index is 1.30. The molecule has 2 aliphatic rings. The molecule has 1 spiro atoms. The fourth-order valence-electron chi connectivity index (χ4n) is 4.54. The summed E-state index contributed by atoms with van der Waals surface area (Å²) in [6.45, 7) is 2.82. The Labute approximate surface area is 171 Å². The van der Waals surface area contributed by atoms with Gasteiger partial charge in [-0.1, -0.05) is 18.2 Å². The van der Waals surface area contributed by atoms with E-state index >= 15 is 0 Å². The number of benzene rings is 1. The minimum Gasteiger partial charge on any atom is -0.375 e. The number of aryl methyl sites for hydroxylation is 1. The topological polar surface area (TPSA) is 63.6 Å². The fourth-order valence-corrected chi connectivity index (χ4v) is 4.54. The lowest BCUT2D eigenvalue weighted by atomic mass is 9.79. The number of carbonyl (C=O) groups excluding carboxylic acids is 2. The molecule has 2 saturated heterocycles. The van der Waals surface area contributed by atoms with Crippen LogP contribution in [-0.4, -0.2) is 53.1 Å². The molecule has 4 rings (SSSR count). The van der Waals surface area contributed by atoms with Crippen LogP contribution in [0.2, 0.25) is 0 Å². The summed E-state index contributed by atoms with van der Waals surface area (Å²) in [5.74, 6) is 0.482. The van der Waals surface area contributed by atoms with Gasteiger partial charge >= 0.3 is 0 Å². The number of piperidine rings is 1. The average molecular weight is 396 g/mol. The van der Waals surface area contributed by atoms with Crippen molar-refractivity contribution in [3.8, 4) is 0 Å². The second kappa shape index (κ2) is 8.41. The van der Waals surface area contributed by atoms with Gasteiger partial charge in [0.05, 0.1) is 5.60 Å². The lowest BCUT2D eigenvalue weighted by Gasteiger charge is -2.46. The van der Waals surface area contributed by atoms with E-state index in [0.717, 1.165) is 38.0 Å². The lowest BCUT2D eigenvalue weighted by molar-refractivity contribution is -0.122. The molecule has 0 bridgehead atoms. The van der Waals surface area contributed by atoms with Gasteiger partial charge in [0.1, 0.15) is 5.69 Å². The Kier molecular flexibility index (Phi) is 5.72. The van der Waals surface area contributed by atoms with Crippen molar-refractivity contribution in [1.82, 2.24) is 14.8 Å². The lowest BCUT2D eigenvalue weighted by Crippen LogP contribution is -2.52. The van der Waals surface area contributed by atoms with Gasteiger partial charge in [-0.15, -0.1) is 0 Å². The van der Waals surface area contributed by atoms with Crippen LogP contribution < -0.4 is 5.32 Å². The third kappa shape index (κ3) is 4.37. The summed E-state index contributed by atoms with van der Waals surface area (Å²) in [6.07, 6.45) is 5.51. The number of hydrogen-bond donors (Lipinski definition) is 1. The molecule has 3 heterocycles. The maximum absolute atomic E-state index is 12.7. The first-order chi connectivity index (χ1) is 14.1. The zero-order valence-corrected chi connectivity index (χ0v) is 17.0. The molecule has 0 radical (unpaired) electrons. The summed E-state index contributed by atoms with van der Waals surface area (Å²) in [4.78, 5) is 27.0. The van der Waals surface area contributed by atoms with Gasteiger partial charge in [-0.25, -0.2) is 0 Å². The molecule has 29 heavy (non-hydrogen) atoms. The number of hydrogen-bond acceptors (Lipinski definition) is 3. The Bertz CT molecular complexity index is 853. The van der Waals surface area contributed by atoms with Crippen molar-refractivity contribution in [2.75, 3.05) is 26.2 Å². The number of likely N-dealkylation sites (tertiary alicyclic amines) is 1. The van der Waals surface area contributed by atoms with Gasteiger partial charge in [0.15, 0.2) is 0 Å². The molecule has 2 fully saturated rings. The number of nitrogens with one attached hydrogen (secondary N) is 1. The SMILES string of the molecule is Cn1cccc1C(=O)N1CCC2(CC1)CC(CNC(=O)c1ccccc1)CCO2. The summed E-state index contributed by atoms with van der Waals surface area (Å²) < 4.78 is 8.09. The van der Waals surface area contributed by atoms with Crippen LogP contribution in [0.4, 0.5) is 0 Å². The van der Waals surface area contributed by atoms with E-state index in [1.807, 2.05) is 65.2 Å². The number of ether oxygens (including phenoxy) is 1. The zero-order chi connectivity index (χ0) is 20.3. The third-order valence-corrected chi connectivity index (χ3v) is 6.31. The normalized spacial score (nSPS) is 21.1. The number of aromatic nitrogens is 1. The van der Waals surface area contributed by atoms with Crippen molar-refractivity contribution >= 4 is 11.8 Å². The summed E-state index contributed by atoms with van der Waals surface area (Å²) in [7, 11) is 1.90. The molecule has 0 saturated carbocycles. The van der Waals surface area contributed by atoms with E-state index in [4.69, 9.17) is 4.74 Å². The average Bonchev–Trinajstić information content (AvgIpc) is 3.19. The van der Waals surface area contributed by atoms with Crippen molar-refractivity contribution in [3.63, 3.8) is 0 Å². The Hall–Kier alpha value is -2.60. The van der Waals surface area contributed by atoms with Crippen LogP contribution in [0.1, 0.15) is 46.5 Å². The fraction of sp³-hybridized carbons (Fsp3) is 0.478. The molecule has 2 aromatic rings. The van der Waals surface area contributed by atoms with Crippen molar-refractivity contribution in [2.45, 2.75) is 31.3 Å². The molecule has 154 valence electrons. The monoisotopic (exact) mass is 395 g/mol. The number of rotatable bonds is 4. The van der Waals surface area contributed by atoms with Crippen molar-refractivity contribution < 1.29 is 14.3 Å². The largest absolute Gasteiger partial charge is 0.375 e. The third-order valence-electron chi connectivity index (χ3n) is 6.31. The first kappa shape index (κ1) is 19.7. The zero-order valence-electron chi connectivity index (χ0n) is 17.0. The van der Waals surface area contributed by atoms with Gasteiger partial charge < -0.3 is 19.5 Å². The van der Waals surface area contributed by atoms with Crippen LogP contribution in [0.3, 0.4) is 0 Å². The van der Waals surface area contributed by atoms with Crippen molar-refractivity contribution in [1.29, 1.82) is 0 Å². The minimum absolute atomic E-state index is 0.0193. The Morgan fingerprint density at radius 1 is 1.14 bits per heavy atom. The quantitative estimate of drug-likeness (QED) is 0.866. The molecule has 2 aliphatic heterocycles. The molecule has 1 N–H and O–H groups in total. The van der Waals surface area contributed by atoms with Gasteiger partial charge in [0.25, 0.3) is 11.8 Å². The molecule has 2 amide bonds. The van der Waals surface area contributed by atoms with E-state index in [0.29, 0.717) is 31.1 Å². The summed E-state index contributed by atoms with van der Waals surface area (Å²) >= 11 is 0.